The molecule has 0 aliphatic heterocycles. The first kappa shape index (κ1) is 25.7. The predicted molar refractivity (Wildman–Crippen MR) is 143 cm³/mol. The molecule has 1 saturated carbocycles. The van der Waals surface area contributed by atoms with Crippen molar-refractivity contribution < 1.29 is 23.0 Å². The third kappa shape index (κ3) is 4.95. The van der Waals surface area contributed by atoms with Crippen LogP contribution in [0.3, 0.4) is 0 Å². The first-order chi connectivity index (χ1) is 18.4. The van der Waals surface area contributed by atoms with Gasteiger partial charge in [-0.3, -0.25) is 9.78 Å². The van der Waals surface area contributed by atoms with E-state index in [1.165, 1.54) is 20.3 Å². The number of fused-ring (bicyclic) bond motifs is 1. The monoisotopic (exact) mass is 519 g/mol. The summed E-state index contributed by atoms with van der Waals surface area (Å²) in [6.45, 7) is 2.37. The molecule has 0 bridgehead atoms. The number of carbonyl (C=O) groups excluding carboxylic acids is 1. The molecule has 1 aliphatic rings. The minimum absolute atomic E-state index is 0.00918. The fourth-order valence-electron chi connectivity index (χ4n) is 5.57. The van der Waals surface area contributed by atoms with Crippen LogP contribution in [-0.2, 0) is 0 Å². The predicted octanol–water partition coefficient (Wildman–Crippen LogP) is 6.54. The van der Waals surface area contributed by atoms with E-state index >= 15 is 4.39 Å². The number of hydrogen-bond acceptors (Lipinski definition) is 4. The SMILES string of the molecule is COc1ccc(-c2[nH]c(C)cc2C(=O)NCC2CCC(c3ccnc4ccc(F)cc34)CC2)c(F)c1OC. The van der Waals surface area contributed by atoms with Gasteiger partial charge in [-0.15, -0.1) is 0 Å². The number of aromatic nitrogens is 2. The van der Waals surface area contributed by atoms with E-state index in [-0.39, 0.29) is 28.8 Å². The molecule has 2 aromatic carbocycles. The molecule has 8 heteroatoms. The second-order valence-electron chi connectivity index (χ2n) is 9.89. The smallest absolute Gasteiger partial charge is 0.253 e. The maximum absolute atomic E-state index is 15.3. The lowest BCUT2D eigenvalue weighted by molar-refractivity contribution is 0.0943. The van der Waals surface area contributed by atoms with Crippen LogP contribution in [0.2, 0.25) is 0 Å². The Hall–Kier alpha value is -3.94. The summed E-state index contributed by atoms with van der Waals surface area (Å²) in [6.07, 6.45) is 5.61. The number of ether oxygens (including phenoxy) is 2. The van der Waals surface area contributed by atoms with Gasteiger partial charge in [0.25, 0.3) is 5.91 Å². The van der Waals surface area contributed by atoms with Gasteiger partial charge in [0.05, 0.1) is 31.0 Å². The molecule has 6 nitrogen and oxygen atoms in total. The summed E-state index contributed by atoms with van der Waals surface area (Å²) in [5.74, 6) is -0.160. The molecule has 4 aromatic rings. The van der Waals surface area contributed by atoms with E-state index in [9.17, 15) is 9.18 Å². The normalized spacial score (nSPS) is 17.4. The van der Waals surface area contributed by atoms with E-state index < -0.39 is 5.82 Å². The lowest BCUT2D eigenvalue weighted by atomic mass is 9.78. The van der Waals surface area contributed by atoms with Crippen molar-refractivity contribution in [3.05, 3.63) is 77.1 Å². The molecule has 1 amide bonds. The Morgan fingerprint density at radius 1 is 1.05 bits per heavy atom. The molecular formula is C30H31F2N3O3. The molecule has 0 unspecified atom stereocenters. The second-order valence-corrected chi connectivity index (χ2v) is 9.89. The highest BCUT2D eigenvalue weighted by Crippen LogP contribution is 2.39. The number of nitrogens with zero attached hydrogens (tertiary/aromatic N) is 1. The molecule has 0 atom stereocenters. The molecule has 0 spiro atoms. The first-order valence-corrected chi connectivity index (χ1v) is 12.8. The number of hydrogen-bond donors (Lipinski definition) is 2. The average molecular weight is 520 g/mol. The van der Waals surface area contributed by atoms with Crippen LogP contribution >= 0.6 is 0 Å². The van der Waals surface area contributed by atoms with Crippen LogP contribution in [0.1, 0.15) is 53.2 Å². The van der Waals surface area contributed by atoms with Gasteiger partial charge in [-0.05, 0) is 92.5 Å². The number of amides is 1. The largest absolute Gasteiger partial charge is 0.493 e. The fourth-order valence-corrected chi connectivity index (χ4v) is 5.57. The standard InChI is InChI=1S/C30H31F2N3O3/c1-17-14-24(28(35-17)22-9-11-26(37-2)29(38-3)27(22)32)30(36)34-16-18-4-6-19(7-5-18)21-12-13-33-25-10-8-20(31)15-23(21)25/h8-15,18-19,35H,4-7,16H2,1-3H3,(H,34,36). The van der Waals surface area contributed by atoms with Gasteiger partial charge in [-0.25, -0.2) is 8.78 Å². The lowest BCUT2D eigenvalue weighted by Crippen LogP contribution is -2.31. The van der Waals surface area contributed by atoms with Crippen molar-refractivity contribution in [3.63, 3.8) is 0 Å². The van der Waals surface area contributed by atoms with Crippen molar-refractivity contribution in [2.75, 3.05) is 20.8 Å². The minimum atomic E-state index is -0.593. The third-order valence-corrected chi connectivity index (χ3v) is 7.53. The van der Waals surface area contributed by atoms with Crippen LogP contribution in [0.25, 0.3) is 22.2 Å². The maximum atomic E-state index is 15.3. The summed E-state index contributed by atoms with van der Waals surface area (Å²) in [4.78, 5) is 20.7. The van der Waals surface area contributed by atoms with E-state index in [4.69, 9.17) is 9.47 Å². The van der Waals surface area contributed by atoms with Gasteiger partial charge < -0.3 is 19.8 Å². The zero-order chi connectivity index (χ0) is 26.8. The Morgan fingerprint density at radius 3 is 2.58 bits per heavy atom. The van der Waals surface area contributed by atoms with E-state index in [2.05, 4.69) is 15.3 Å². The summed E-state index contributed by atoms with van der Waals surface area (Å²) in [5.41, 5.74) is 3.72. The second kappa shape index (κ2) is 10.8. The van der Waals surface area contributed by atoms with Gasteiger partial charge in [0.1, 0.15) is 5.82 Å². The molecule has 2 heterocycles. The molecule has 1 fully saturated rings. The quantitative estimate of drug-likeness (QED) is 0.291. The highest BCUT2D eigenvalue weighted by Gasteiger charge is 2.26. The molecule has 198 valence electrons. The maximum Gasteiger partial charge on any atom is 0.253 e. The number of aromatic amines is 1. The number of benzene rings is 2. The van der Waals surface area contributed by atoms with Crippen molar-refractivity contribution in [2.24, 2.45) is 5.92 Å². The fraction of sp³-hybridized carbons (Fsp3) is 0.333. The van der Waals surface area contributed by atoms with Gasteiger partial charge in [0.15, 0.2) is 17.3 Å². The van der Waals surface area contributed by atoms with Crippen LogP contribution in [0.5, 0.6) is 11.5 Å². The molecule has 0 radical (unpaired) electrons. The van der Waals surface area contributed by atoms with Crippen molar-refractivity contribution in [3.8, 4) is 22.8 Å². The van der Waals surface area contributed by atoms with Crippen molar-refractivity contribution >= 4 is 16.8 Å². The van der Waals surface area contributed by atoms with Crippen LogP contribution < -0.4 is 14.8 Å². The summed E-state index contributed by atoms with van der Waals surface area (Å²) < 4.78 is 39.5. The Morgan fingerprint density at radius 2 is 1.84 bits per heavy atom. The Kier molecular flexibility index (Phi) is 7.31. The number of rotatable bonds is 7. The van der Waals surface area contributed by atoms with Crippen molar-refractivity contribution in [1.29, 1.82) is 0 Å². The zero-order valence-electron chi connectivity index (χ0n) is 21.7. The minimum Gasteiger partial charge on any atom is -0.493 e. The van der Waals surface area contributed by atoms with Crippen LogP contribution in [0.15, 0.2) is 48.7 Å². The molecule has 0 saturated heterocycles. The summed E-state index contributed by atoms with van der Waals surface area (Å²) in [6, 6.07) is 11.7. The van der Waals surface area contributed by atoms with E-state index in [1.54, 1.807) is 36.5 Å². The molecule has 2 aromatic heterocycles. The van der Waals surface area contributed by atoms with Gasteiger partial charge >= 0.3 is 0 Å². The zero-order valence-corrected chi connectivity index (χ0v) is 21.7. The van der Waals surface area contributed by atoms with Crippen LogP contribution in [-0.4, -0.2) is 36.6 Å². The third-order valence-electron chi connectivity index (χ3n) is 7.53. The Balaban J connectivity index is 1.26. The number of H-pyrrole nitrogens is 1. The summed E-state index contributed by atoms with van der Waals surface area (Å²) in [7, 11) is 2.82. The van der Waals surface area contributed by atoms with E-state index in [1.807, 2.05) is 13.0 Å². The van der Waals surface area contributed by atoms with Gasteiger partial charge in [0, 0.05) is 29.4 Å². The lowest BCUT2D eigenvalue weighted by Gasteiger charge is -2.29. The van der Waals surface area contributed by atoms with Crippen molar-refractivity contribution in [1.82, 2.24) is 15.3 Å². The number of methoxy groups -OCH3 is 2. The summed E-state index contributed by atoms with van der Waals surface area (Å²) in [5, 5.41) is 3.93. The molecular weight excluding hydrogens is 488 g/mol. The first-order valence-electron chi connectivity index (χ1n) is 12.8. The van der Waals surface area contributed by atoms with Crippen LogP contribution in [0, 0.1) is 24.5 Å². The average Bonchev–Trinajstić information content (AvgIpc) is 3.32. The highest BCUT2D eigenvalue weighted by molar-refractivity contribution is 6.00. The van der Waals surface area contributed by atoms with E-state index in [0.717, 1.165) is 47.8 Å². The topological polar surface area (TPSA) is 76.2 Å². The number of carbonyl (C=O) groups is 1. The highest BCUT2D eigenvalue weighted by atomic mass is 19.1. The van der Waals surface area contributed by atoms with Gasteiger partial charge in [0.2, 0.25) is 0 Å². The molecule has 38 heavy (non-hydrogen) atoms. The van der Waals surface area contributed by atoms with E-state index in [0.29, 0.717) is 29.6 Å². The van der Waals surface area contributed by atoms with Crippen molar-refractivity contribution in [2.45, 2.75) is 38.5 Å². The Labute approximate surface area is 220 Å². The Bertz CT molecular complexity index is 1480. The summed E-state index contributed by atoms with van der Waals surface area (Å²) >= 11 is 0. The van der Waals surface area contributed by atoms with Crippen LogP contribution in [0.4, 0.5) is 8.78 Å². The van der Waals surface area contributed by atoms with Gasteiger partial charge in [-0.1, -0.05) is 0 Å². The van der Waals surface area contributed by atoms with Gasteiger partial charge in [-0.2, -0.15) is 0 Å². The number of nitrogens with one attached hydrogen (secondary N) is 2. The number of aryl methyl sites for hydroxylation is 1. The molecule has 1 aliphatic carbocycles. The molecule has 2 N–H and O–H groups in total. The molecule has 5 rings (SSSR count). The number of halogens is 2. The number of pyridine rings is 1.